The Morgan fingerprint density at radius 1 is 0.692 bits per heavy atom. The summed E-state index contributed by atoms with van der Waals surface area (Å²) in [7, 11) is 0. The van der Waals surface area contributed by atoms with Crippen molar-refractivity contribution < 1.29 is 9.59 Å². The topological polar surface area (TPSA) is 39.1 Å². The zero-order valence-electron chi connectivity index (χ0n) is 14.3. The Balaban J connectivity index is 1.95. The number of hydrogen-bond acceptors (Lipinski definition) is 2. The minimum Gasteiger partial charge on any atom is -0.289 e. The Morgan fingerprint density at radius 3 is 1.88 bits per heavy atom. The van der Waals surface area contributed by atoms with Gasteiger partial charge >= 0.3 is 0 Å². The second kappa shape index (κ2) is 6.45. The lowest BCUT2D eigenvalue weighted by molar-refractivity contribution is 0.0963. The third kappa shape index (κ3) is 2.54. The van der Waals surface area contributed by atoms with Crippen molar-refractivity contribution in [1.29, 1.82) is 0 Å². The number of para-hydroxylation sites is 1. The largest absolute Gasteiger partial charge is 0.289 e. The predicted octanol–water partition coefficient (Wildman–Crippen LogP) is 4.87. The van der Waals surface area contributed by atoms with Gasteiger partial charge in [-0.05, 0) is 25.1 Å². The summed E-state index contributed by atoms with van der Waals surface area (Å²) in [4.78, 5) is 26.2. The van der Waals surface area contributed by atoms with Gasteiger partial charge in [-0.1, -0.05) is 66.7 Å². The molecule has 4 rings (SSSR count). The number of carbonyl (C=O) groups excluding carboxylic acids is 2. The molecule has 0 bridgehead atoms. The van der Waals surface area contributed by atoms with Crippen molar-refractivity contribution in [1.82, 2.24) is 4.57 Å². The summed E-state index contributed by atoms with van der Waals surface area (Å²) in [5.41, 5.74) is 3.20. The van der Waals surface area contributed by atoms with E-state index in [1.165, 1.54) is 0 Å². The molecule has 0 amide bonds. The Kier molecular flexibility index (Phi) is 3.98. The molecule has 0 saturated carbocycles. The van der Waals surface area contributed by atoms with Crippen LogP contribution in [-0.2, 0) is 0 Å². The van der Waals surface area contributed by atoms with Gasteiger partial charge in [-0.15, -0.1) is 0 Å². The molecule has 0 atom stereocenters. The van der Waals surface area contributed by atoms with Crippen molar-refractivity contribution in [3.63, 3.8) is 0 Å². The molecule has 0 aliphatic rings. The summed E-state index contributed by atoms with van der Waals surface area (Å²) in [6, 6.07) is 25.8. The lowest BCUT2D eigenvalue weighted by Crippen LogP contribution is -2.14. The van der Waals surface area contributed by atoms with E-state index in [4.69, 9.17) is 0 Å². The van der Waals surface area contributed by atoms with Crippen molar-refractivity contribution in [2.45, 2.75) is 6.92 Å². The zero-order chi connectivity index (χ0) is 18.1. The van der Waals surface area contributed by atoms with Crippen LogP contribution in [0.5, 0.6) is 0 Å². The van der Waals surface area contributed by atoms with Crippen LogP contribution in [0.4, 0.5) is 0 Å². The molecule has 0 saturated heterocycles. The smallest absolute Gasteiger partial charge is 0.262 e. The highest BCUT2D eigenvalue weighted by atomic mass is 16.2. The molecule has 0 aliphatic carbocycles. The fourth-order valence-electron chi connectivity index (χ4n) is 3.36. The first kappa shape index (κ1) is 16.0. The normalized spacial score (nSPS) is 10.8. The van der Waals surface area contributed by atoms with Crippen molar-refractivity contribution in [3.05, 3.63) is 107 Å². The van der Waals surface area contributed by atoms with Crippen LogP contribution in [-0.4, -0.2) is 16.3 Å². The van der Waals surface area contributed by atoms with E-state index < -0.39 is 0 Å². The van der Waals surface area contributed by atoms with Crippen molar-refractivity contribution in [2.75, 3.05) is 0 Å². The molecule has 0 spiro atoms. The van der Waals surface area contributed by atoms with E-state index in [1.54, 1.807) is 28.8 Å². The summed E-state index contributed by atoms with van der Waals surface area (Å²) in [5.74, 6) is -0.203. The number of benzene rings is 3. The van der Waals surface area contributed by atoms with E-state index in [0.717, 1.165) is 10.9 Å². The third-order valence-corrected chi connectivity index (χ3v) is 4.60. The second-order valence-electron chi connectivity index (χ2n) is 6.18. The molecule has 0 unspecified atom stereocenters. The SMILES string of the molecule is Cc1c(C(=O)c2ccccc2)c2ccccc2n1C(=O)c1ccccc1. The van der Waals surface area contributed by atoms with Gasteiger partial charge in [-0.25, -0.2) is 0 Å². The monoisotopic (exact) mass is 339 g/mol. The van der Waals surface area contributed by atoms with Crippen LogP contribution < -0.4 is 0 Å². The van der Waals surface area contributed by atoms with Crippen LogP contribution in [0.3, 0.4) is 0 Å². The van der Waals surface area contributed by atoms with Crippen LogP contribution in [0.15, 0.2) is 84.9 Å². The molecular weight excluding hydrogens is 322 g/mol. The maximum absolute atomic E-state index is 13.1. The van der Waals surface area contributed by atoms with Crippen molar-refractivity contribution in [3.8, 4) is 0 Å². The van der Waals surface area contributed by atoms with Crippen LogP contribution >= 0.6 is 0 Å². The van der Waals surface area contributed by atoms with E-state index in [1.807, 2.05) is 67.6 Å². The molecule has 3 aromatic carbocycles. The fourth-order valence-corrected chi connectivity index (χ4v) is 3.36. The lowest BCUT2D eigenvalue weighted by Gasteiger charge is -2.07. The minimum atomic E-state index is -0.133. The predicted molar refractivity (Wildman–Crippen MR) is 103 cm³/mol. The first-order chi connectivity index (χ1) is 12.7. The highest BCUT2D eigenvalue weighted by Gasteiger charge is 2.24. The number of rotatable bonds is 3. The van der Waals surface area contributed by atoms with Crippen LogP contribution in [0.2, 0.25) is 0 Å². The summed E-state index contributed by atoms with van der Waals surface area (Å²) < 4.78 is 1.64. The summed E-state index contributed by atoms with van der Waals surface area (Å²) in [6.07, 6.45) is 0. The maximum Gasteiger partial charge on any atom is 0.262 e. The van der Waals surface area contributed by atoms with Crippen LogP contribution in [0, 0.1) is 6.92 Å². The Hall–Kier alpha value is -3.46. The minimum absolute atomic E-state index is 0.0705. The summed E-state index contributed by atoms with van der Waals surface area (Å²) in [5, 5.41) is 0.795. The Labute approximate surface area is 151 Å². The molecule has 126 valence electrons. The number of nitrogens with zero attached hydrogens (tertiary/aromatic N) is 1. The first-order valence-corrected chi connectivity index (χ1v) is 8.48. The molecule has 0 fully saturated rings. The van der Waals surface area contributed by atoms with E-state index in [2.05, 4.69) is 0 Å². The van der Waals surface area contributed by atoms with E-state index in [9.17, 15) is 9.59 Å². The van der Waals surface area contributed by atoms with Crippen LogP contribution in [0.25, 0.3) is 10.9 Å². The standard InChI is InChI=1S/C23H17NO2/c1-16-21(22(25)17-10-4-2-5-11-17)19-14-8-9-15-20(19)24(16)23(26)18-12-6-3-7-13-18/h2-15H,1H3. The fraction of sp³-hybridized carbons (Fsp3) is 0.0435. The van der Waals surface area contributed by atoms with Gasteiger partial charge in [0.25, 0.3) is 5.91 Å². The molecule has 0 radical (unpaired) electrons. The quantitative estimate of drug-likeness (QED) is 0.500. The van der Waals surface area contributed by atoms with Gasteiger partial charge in [-0.2, -0.15) is 0 Å². The number of fused-ring (bicyclic) bond motifs is 1. The first-order valence-electron chi connectivity index (χ1n) is 8.48. The highest BCUT2D eigenvalue weighted by Crippen LogP contribution is 2.29. The Bertz CT molecular complexity index is 1020. The van der Waals surface area contributed by atoms with Gasteiger partial charge in [0, 0.05) is 22.2 Å². The van der Waals surface area contributed by atoms with E-state index in [0.29, 0.717) is 22.4 Å². The van der Waals surface area contributed by atoms with E-state index >= 15 is 0 Å². The van der Waals surface area contributed by atoms with Gasteiger partial charge in [0.2, 0.25) is 0 Å². The average Bonchev–Trinajstić information content (AvgIpc) is 3.00. The van der Waals surface area contributed by atoms with Gasteiger partial charge < -0.3 is 0 Å². The highest BCUT2D eigenvalue weighted by molar-refractivity contribution is 6.19. The van der Waals surface area contributed by atoms with Crippen molar-refractivity contribution >= 4 is 22.6 Å². The summed E-state index contributed by atoms with van der Waals surface area (Å²) in [6.45, 7) is 1.83. The van der Waals surface area contributed by atoms with Gasteiger partial charge in [-0.3, -0.25) is 14.2 Å². The number of hydrogen-bond donors (Lipinski definition) is 0. The molecule has 1 heterocycles. The third-order valence-electron chi connectivity index (χ3n) is 4.60. The maximum atomic E-state index is 13.1. The van der Waals surface area contributed by atoms with Crippen molar-refractivity contribution in [2.24, 2.45) is 0 Å². The average molecular weight is 339 g/mol. The number of carbonyl (C=O) groups is 2. The van der Waals surface area contributed by atoms with Gasteiger partial charge in [0.1, 0.15) is 0 Å². The molecule has 0 N–H and O–H groups in total. The summed E-state index contributed by atoms with van der Waals surface area (Å²) >= 11 is 0. The molecule has 1 aromatic heterocycles. The Morgan fingerprint density at radius 2 is 1.23 bits per heavy atom. The van der Waals surface area contributed by atoms with Crippen LogP contribution in [0.1, 0.15) is 32.0 Å². The molecular formula is C23H17NO2. The molecule has 0 aliphatic heterocycles. The molecule has 26 heavy (non-hydrogen) atoms. The van der Waals surface area contributed by atoms with E-state index in [-0.39, 0.29) is 11.7 Å². The van der Waals surface area contributed by atoms with Gasteiger partial charge in [0.15, 0.2) is 5.78 Å². The molecule has 3 nitrogen and oxygen atoms in total. The second-order valence-corrected chi connectivity index (χ2v) is 6.18. The molecule has 4 aromatic rings. The lowest BCUT2D eigenvalue weighted by atomic mass is 10.0. The zero-order valence-corrected chi connectivity index (χ0v) is 14.3. The number of ketones is 1. The van der Waals surface area contributed by atoms with Gasteiger partial charge in [0.05, 0.1) is 11.1 Å². The molecule has 3 heteroatoms. The number of aromatic nitrogens is 1.